The Bertz CT molecular complexity index is 197. The van der Waals surface area contributed by atoms with E-state index in [0.29, 0.717) is 12.8 Å². The lowest BCUT2D eigenvalue weighted by atomic mass is 9.85. The molecule has 0 spiro atoms. The normalized spacial score (nSPS) is 23.0. The van der Waals surface area contributed by atoms with Crippen molar-refractivity contribution in [2.45, 2.75) is 52.4 Å². The molecule has 1 rings (SSSR count). The van der Waals surface area contributed by atoms with Crippen molar-refractivity contribution < 1.29 is 8.78 Å². The van der Waals surface area contributed by atoms with Crippen LogP contribution in [0.15, 0.2) is 11.6 Å². The average molecular weight is 188 g/mol. The lowest BCUT2D eigenvalue weighted by Gasteiger charge is -2.25. The van der Waals surface area contributed by atoms with Gasteiger partial charge >= 0.3 is 0 Å². The Hall–Kier alpha value is -0.400. The van der Waals surface area contributed by atoms with Gasteiger partial charge in [-0.25, -0.2) is 8.78 Å². The van der Waals surface area contributed by atoms with Crippen LogP contribution in [0.3, 0.4) is 0 Å². The minimum atomic E-state index is -2.41. The summed E-state index contributed by atoms with van der Waals surface area (Å²) in [5.74, 6) is -2.41. The molecule has 0 saturated heterocycles. The van der Waals surface area contributed by atoms with Crippen LogP contribution in [0.2, 0.25) is 0 Å². The van der Waals surface area contributed by atoms with Crippen molar-refractivity contribution in [1.82, 2.24) is 0 Å². The molecule has 0 aliphatic heterocycles. The van der Waals surface area contributed by atoms with E-state index < -0.39 is 5.92 Å². The molecule has 13 heavy (non-hydrogen) atoms. The van der Waals surface area contributed by atoms with E-state index in [-0.39, 0.29) is 18.3 Å². The summed E-state index contributed by atoms with van der Waals surface area (Å²) in [5.41, 5.74) is 1.33. The number of alkyl halides is 2. The highest BCUT2D eigenvalue weighted by Gasteiger charge is 2.32. The zero-order valence-corrected chi connectivity index (χ0v) is 8.66. The summed E-state index contributed by atoms with van der Waals surface area (Å²) in [6, 6.07) is 0. The third kappa shape index (κ3) is 3.88. The highest BCUT2D eigenvalue weighted by Crippen LogP contribution is 2.37. The van der Waals surface area contributed by atoms with E-state index in [9.17, 15) is 8.78 Å². The van der Waals surface area contributed by atoms with Gasteiger partial charge in [-0.1, -0.05) is 32.4 Å². The minimum absolute atomic E-state index is 0.0366. The second-order valence-electron chi connectivity index (χ2n) is 5.02. The Labute approximate surface area is 79.0 Å². The molecule has 0 aromatic heterocycles. The SMILES string of the molecule is CC(C)(C)C=C1CCC(F)(F)CC1. The number of hydrogen-bond donors (Lipinski definition) is 0. The van der Waals surface area contributed by atoms with Crippen molar-refractivity contribution >= 4 is 0 Å². The van der Waals surface area contributed by atoms with Crippen molar-refractivity contribution in [2.75, 3.05) is 0 Å². The summed E-state index contributed by atoms with van der Waals surface area (Å²) in [5, 5.41) is 0. The molecule has 1 fully saturated rings. The van der Waals surface area contributed by atoms with Gasteiger partial charge in [0.25, 0.3) is 0 Å². The molecule has 0 nitrogen and oxygen atoms in total. The zero-order valence-electron chi connectivity index (χ0n) is 8.66. The van der Waals surface area contributed by atoms with Gasteiger partial charge < -0.3 is 0 Å². The maximum Gasteiger partial charge on any atom is 0.248 e. The third-order valence-electron chi connectivity index (χ3n) is 2.26. The molecule has 0 atom stereocenters. The van der Waals surface area contributed by atoms with Gasteiger partial charge in [0.2, 0.25) is 5.92 Å². The van der Waals surface area contributed by atoms with Crippen molar-refractivity contribution in [1.29, 1.82) is 0 Å². The average Bonchev–Trinajstić information content (AvgIpc) is 1.91. The largest absolute Gasteiger partial charge is 0.248 e. The predicted octanol–water partition coefficient (Wildman–Crippen LogP) is 4.17. The van der Waals surface area contributed by atoms with E-state index in [1.807, 2.05) is 0 Å². The first kappa shape index (κ1) is 10.7. The Morgan fingerprint density at radius 1 is 1.15 bits per heavy atom. The molecule has 2 heteroatoms. The van der Waals surface area contributed by atoms with Gasteiger partial charge in [0.15, 0.2) is 0 Å². The lowest BCUT2D eigenvalue weighted by Crippen LogP contribution is -2.21. The second kappa shape index (κ2) is 3.39. The summed E-state index contributed by atoms with van der Waals surface area (Å²) in [7, 11) is 0. The number of halogens is 2. The molecule has 76 valence electrons. The number of rotatable bonds is 0. The summed E-state index contributed by atoms with van der Waals surface area (Å²) < 4.78 is 25.6. The summed E-state index contributed by atoms with van der Waals surface area (Å²) >= 11 is 0. The highest BCUT2D eigenvalue weighted by atomic mass is 19.3. The first-order chi connectivity index (χ1) is 5.79. The van der Waals surface area contributed by atoms with E-state index in [1.165, 1.54) is 5.57 Å². The van der Waals surface area contributed by atoms with Crippen LogP contribution in [0, 0.1) is 5.41 Å². The molecule has 0 radical (unpaired) electrons. The van der Waals surface area contributed by atoms with E-state index in [1.54, 1.807) is 0 Å². The van der Waals surface area contributed by atoms with E-state index >= 15 is 0 Å². The van der Waals surface area contributed by atoms with Gasteiger partial charge in [-0.2, -0.15) is 0 Å². The van der Waals surface area contributed by atoms with Gasteiger partial charge in [0, 0.05) is 12.8 Å². The number of hydrogen-bond acceptors (Lipinski definition) is 0. The molecule has 0 unspecified atom stereocenters. The maximum absolute atomic E-state index is 12.8. The van der Waals surface area contributed by atoms with Crippen LogP contribution in [0.1, 0.15) is 46.5 Å². The van der Waals surface area contributed by atoms with Crippen LogP contribution in [0.5, 0.6) is 0 Å². The zero-order chi connectivity index (χ0) is 10.1. The lowest BCUT2D eigenvalue weighted by molar-refractivity contribution is -0.0248. The van der Waals surface area contributed by atoms with Gasteiger partial charge in [-0.05, 0) is 18.3 Å². The minimum Gasteiger partial charge on any atom is -0.207 e. The van der Waals surface area contributed by atoms with Gasteiger partial charge in [-0.3, -0.25) is 0 Å². The van der Waals surface area contributed by atoms with Crippen molar-refractivity contribution in [3.05, 3.63) is 11.6 Å². The molecule has 0 heterocycles. The molecular weight excluding hydrogens is 170 g/mol. The highest BCUT2D eigenvalue weighted by molar-refractivity contribution is 5.10. The molecular formula is C11H18F2. The first-order valence-electron chi connectivity index (χ1n) is 4.87. The molecule has 1 aliphatic rings. The van der Waals surface area contributed by atoms with Crippen LogP contribution >= 0.6 is 0 Å². The van der Waals surface area contributed by atoms with Crippen LogP contribution in [-0.2, 0) is 0 Å². The fourth-order valence-electron chi connectivity index (χ4n) is 1.69. The fraction of sp³-hybridized carbons (Fsp3) is 0.818. The Morgan fingerprint density at radius 2 is 1.62 bits per heavy atom. The van der Waals surface area contributed by atoms with E-state index in [0.717, 1.165) is 0 Å². The monoisotopic (exact) mass is 188 g/mol. The van der Waals surface area contributed by atoms with Crippen LogP contribution < -0.4 is 0 Å². The van der Waals surface area contributed by atoms with Crippen molar-refractivity contribution in [2.24, 2.45) is 5.41 Å². The molecule has 0 aromatic carbocycles. The fourth-order valence-corrected chi connectivity index (χ4v) is 1.69. The van der Waals surface area contributed by atoms with Crippen molar-refractivity contribution in [3.63, 3.8) is 0 Å². The quantitative estimate of drug-likeness (QED) is 0.500. The standard InChI is InChI=1S/C11H18F2/c1-10(2,3)8-9-4-6-11(12,13)7-5-9/h8H,4-7H2,1-3H3. The van der Waals surface area contributed by atoms with Crippen LogP contribution in [0.25, 0.3) is 0 Å². The van der Waals surface area contributed by atoms with Crippen LogP contribution in [0.4, 0.5) is 8.78 Å². The Balaban J connectivity index is 2.55. The Kier molecular flexibility index (Phi) is 2.79. The van der Waals surface area contributed by atoms with Crippen molar-refractivity contribution in [3.8, 4) is 0 Å². The molecule has 1 aliphatic carbocycles. The molecule has 0 amide bonds. The van der Waals surface area contributed by atoms with Gasteiger partial charge in [-0.15, -0.1) is 0 Å². The van der Waals surface area contributed by atoms with Gasteiger partial charge in [0.05, 0.1) is 0 Å². The summed E-state index contributed by atoms with van der Waals surface area (Å²) in [6.45, 7) is 6.31. The Morgan fingerprint density at radius 3 is 2.00 bits per heavy atom. The van der Waals surface area contributed by atoms with E-state index in [4.69, 9.17) is 0 Å². The molecule has 0 aromatic rings. The smallest absolute Gasteiger partial charge is 0.207 e. The maximum atomic E-state index is 12.8. The first-order valence-corrected chi connectivity index (χ1v) is 4.87. The van der Waals surface area contributed by atoms with Crippen LogP contribution in [-0.4, -0.2) is 5.92 Å². The summed E-state index contributed by atoms with van der Waals surface area (Å²) in [4.78, 5) is 0. The predicted molar refractivity (Wildman–Crippen MR) is 51.0 cm³/mol. The molecule has 1 saturated carbocycles. The molecule has 0 N–H and O–H groups in total. The van der Waals surface area contributed by atoms with Gasteiger partial charge in [0.1, 0.15) is 0 Å². The molecule has 0 bridgehead atoms. The summed E-state index contributed by atoms with van der Waals surface area (Å²) in [6.07, 6.45) is 3.36. The van der Waals surface area contributed by atoms with E-state index in [2.05, 4.69) is 26.8 Å². The topological polar surface area (TPSA) is 0 Å². The number of allylic oxidation sites excluding steroid dienone is 2. The third-order valence-corrected chi connectivity index (χ3v) is 2.26. The second-order valence-corrected chi connectivity index (χ2v) is 5.02.